The van der Waals surface area contributed by atoms with E-state index in [1.54, 1.807) is 0 Å². The molecule has 19 heavy (non-hydrogen) atoms. The second-order valence-corrected chi connectivity index (χ2v) is 8.98. The number of rotatable bonds is 2. The highest BCUT2D eigenvalue weighted by atomic mass is 16.3. The minimum absolute atomic E-state index is 0.0864. The Balaban J connectivity index is 2.01. The van der Waals surface area contributed by atoms with Gasteiger partial charge >= 0.3 is 0 Å². The van der Waals surface area contributed by atoms with Crippen LogP contribution < -0.4 is 0 Å². The van der Waals surface area contributed by atoms with Crippen LogP contribution in [-0.4, -0.2) is 11.2 Å². The van der Waals surface area contributed by atoms with E-state index in [9.17, 15) is 5.11 Å². The highest BCUT2D eigenvalue weighted by Gasteiger charge is 2.66. The summed E-state index contributed by atoms with van der Waals surface area (Å²) in [6, 6.07) is 0. The fourth-order valence-electron chi connectivity index (χ4n) is 6.53. The van der Waals surface area contributed by atoms with Crippen LogP contribution in [-0.2, 0) is 0 Å². The Bertz CT molecular complexity index is 359. The molecule has 3 saturated carbocycles. The summed E-state index contributed by atoms with van der Waals surface area (Å²) in [6.45, 7) is 11.9. The maximum atomic E-state index is 10.8. The van der Waals surface area contributed by atoms with E-state index in [0.29, 0.717) is 22.7 Å². The molecule has 1 N–H and O–H groups in total. The SMILES string of the molecule is CC(C)[C@@H](O)[C@H]1[C@H]2CC[C@@H]3[C@H]2C(C)(C)CCC[C@]13C. The second kappa shape index (κ2) is 4.23. The van der Waals surface area contributed by atoms with E-state index in [4.69, 9.17) is 0 Å². The summed E-state index contributed by atoms with van der Waals surface area (Å²) in [5.74, 6) is 3.53. The number of hydrogen-bond acceptors (Lipinski definition) is 1. The Morgan fingerprint density at radius 2 is 1.74 bits per heavy atom. The van der Waals surface area contributed by atoms with Gasteiger partial charge in [0.1, 0.15) is 0 Å². The quantitative estimate of drug-likeness (QED) is 0.779. The smallest absolute Gasteiger partial charge is 0.0599 e. The largest absolute Gasteiger partial charge is 0.393 e. The van der Waals surface area contributed by atoms with Gasteiger partial charge < -0.3 is 5.11 Å². The van der Waals surface area contributed by atoms with Crippen molar-refractivity contribution >= 4 is 0 Å². The molecule has 6 atom stereocenters. The summed E-state index contributed by atoms with van der Waals surface area (Å²) in [4.78, 5) is 0. The van der Waals surface area contributed by atoms with Gasteiger partial charge in [0.2, 0.25) is 0 Å². The molecule has 110 valence electrons. The molecule has 0 aromatic rings. The summed E-state index contributed by atoms with van der Waals surface area (Å²) in [5.41, 5.74) is 0.917. The van der Waals surface area contributed by atoms with Crippen molar-refractivity contribution in [1.82, 2.24) is 0 Å². The number of hydrogen-bond donors (Lipinski definition) is 1. The molecule has 3 fully saturated rings. The van der Waals surface area contributed by atoms with Crippen LogP contribution in [0.25, 0.3) is 0 Å². The molecule has 0 unspecified atom stereocenters. The lowest BCUT2D eigenvalue weighted by Crippen LogP contribution is -2.43. The van der Waals surface area contributed by atoms with E-state index >= 15 is 0 Å². The third kappa shape index (κ3) is 1.76. The van der Waals surface area contributed by atoms with Gasteiger partial charge in [0.25, 0.3) is 0 Å². The highest BCUT2D eigenvalue weighted by Crippen LogP contribution is 2.71. The molecule has 3 aliphatic carbocycles. The Morgan fingerprint density at radius 1 is 1.05 bits per heavy atom. The minimum Gasteiger partial charge on any atom is -0.393 e. The summed E-state index contributed by atoms with van der Waals surface area (Å²) in [6.07, 6.45) is 6.83. The van der Waals surface area contributed by atoms with Crippen LogP contribution in [0.15, 0.2) is 0 Å². The van der Waals surface area contributed by atoms with Crippen LogP contribution in [0, 0.1) is 40.4 Å². The van der Waals surface area contributed by atoms with Gasteiger partial charge in [-0.05, 0) is 66.1 Å². The second-order valence-electron chi connectivity index (χ2n) is 8.98. The predicted octanol–water partition coefficient (Wildman–Crippen LogP) is 4.49. The first-order chi connectivity index (χ1) is 8.79. The monoisotopic (exact) mass is 264 g/mol. The van der Waals surface area contributed by atoms with Gasteiger partial charge in [0, 0.05) is 0 Å². The molecule has 0 amide bonds. The third-order valence-corrected chi connectivity index (χ3v) is 7.27. The van der Waals surface area contributed by atoms with E-state index < -0.39 is 0 Å². The molecule has 3 rings (SSSR count). The van der Waals surface area contributed by atoms with E-state index in [-0.39, 0.29) is 6.10 Å². The molecular formula is C18H32O. The molecule has 0 saturated heterocycles. The fourth-order valence-corrected chi connectivity index (χ4v) is 6.53. The molecule has 0 spiro atoms. The lowest BCUT2D eigenvalue weighted by molar-refractivity contribution is -0.0431. The Kier molecular flexibility index (Phi) is 3.10. The predicted molar refractivity (Wildman–Crippen MR) is 79.8 cm³/mol. The summed E-state index contributed by atoms with van der Waals surface area (Å²) in [7, 11) is 0. The molecule has 1 nitrogen and oxygen atoms in total. The number of aliphatic hydroxyl groups is 1. The van der Waals surface area contributed by atoms with Crippen molar-refractivity contribution < 1.29 is 5.11 Å². The Hall–Kier alpha value is -0.0400. The van der Waals surface area contributed by atoms with Crippen LogP contribution in [0.4, 0.5) is 0 Å². The van der Waals surface area contributed by atoms with Crippen molar-refractivity contribution in [2.45, 2.75) is 72.8 Å². The van der Waals surface area contributed by atoms with Gasteiger partial charge in [-0.3, -0.25) is 0 Å². The highest BCUT2D eigenvalue weighted by molar-refractivity contribution is 5.14. The van der Waals surface area contributed by atoms with Crippen molar-refractivity contribution in [3.63, 3.8) is 0 Å². The third-order valence-electron chi connectivity index (χ3n) is 7.27. The minimum atomic E-state index is -0.0864. The van der Waals surface area contributed by atoms with Gasteiger partial charge in [0.15, 0.2) is 0 Å². The van der Waals surface area contributed by atoms with Crippen molar-refractivity contribution in [1.29, 1.82) is 0 Å². The van der Waals surface area contributed by atoms with Gasteiger partial charge in [-0.25, -0.2) is 0 Å². The fraction of sp³-hybridized carbons (Fsp3) is 1.00. The molecule has 0 aromatic carbocycles. The van der Waals surface area contributed by atoms with E-state index in [1.807, 2.05) is 0 Å². The molecule has 0 radical (unpaired) electrons. The van der Waals surface area contributed by atoms with Crippen LogP contribution in [0.3, 0.4) is 0 Å². The van der Waals surface area contributed by atoms with Crippen LogP contribution >= 0.6 is 0 Å². The lowest BCUT2D eigenvalue weighted by atomic mass is 9.61. The Morgan fingerprint density at radius 3 is 2.37 bits per heavy atom. The first kappa shape index (κ1) is 13.9. The first-order valence-electron chi connectivity index (χ1n) is 8.47. The standard InChI is InChI=1S/C18H32O/c1-11(2)16(19)15-12-7-8-13-14(12)17(3,4)9-6-10-18(13,15)5/h11-16,19H,6-10H2,1-5H3/t12-,13+,14-,15+,16+,18-/m0/s1. The van der Waals surface area contributed by atoms with Gasteiger partial charge in [0.05, 0.1) is 6.10 Å². The molecule has 3 aliphatic rings. The van der Waals surface area contributed by atoms with E-state index in [0.717, 1.165) is 17.8 Å². The normalized spacial score (nSPS) is 49.4. The Labute approximate surface area is 119 Å². The summed E-state index contributed by atoms with van der Waals surface area (Å²) in [5, 5.41) is 10.8. The molecule has 0 aliphatic heterocycles. The molecule has 0 aromatic heterocycles. The molecular weight excluding hydrogens is 232 g/mol. The van der Waals surface area contributed by atoms with Crippen LogP contribution in [0.5, 0.6) is 0 Å². The van der Waals surface area contributed by atoms with E-state index in [2.05, 4.69) is 34.6 Å². The molecule has 0 heterocycles. The summed E-state index contributed by atoms with van der Waals surface area (Å²) >= 11 is 0. The van der Waals surface area contributed by atoms with Gasteiger partial charge in [-0.1, -0.05) is 41.0 Å². The zero-order chi connectivity index (χ0) is 14.0. The van der Waals surface area contributed by atoms with Crippen molar-refractivity contribution in [2.24, 2.45) is 40.4 Å². The topological polar surface area (TPSA) is 20.2 Å². The maximum absolute atomic E-state index is 10.8. The average Bonchev–Trinajstić information content (AvgIpc) is 2.79. The zero-order valence-electron chi connectivity index (χ0n) is 13.4. The zero-order valence-corrected chi connectivity index (χ0v) is 13.4. The average molecular weight is 264 g/mol. The van der Waals surface area contributed by atoms with Gasteiger partial charge in [-0.2, -0.15) is 0 Å². The van der Waals surface area contributed by atoms with Crippen molar-refractivity contribution in [3.8, 4) is 0 Å². The lowest BCUT2D eigenvalue weighted by Gasteiger charge is -2.45. The summed E-state index contributed by atoms with van der Waals surface area (Å²) < 4.78 is 0. The van der Waals surface area contributed by atoms with E-state index in [1.165, 1.54) is 32.1 Å². The number of aliphatic hydroxyl groups excluding tert-OH is 1. The van der Waals surface area contributed by atoms with Crippen LogP contribution in [0.1, 0.15) is 66.7 Å². The maximum Gasteiger partial charge on any atom is 0.0599 e. The first-order valence-corrected chi connectivity index (χ1v) is 8.47. The van der Waals surface area contributed by atoms with Gasteiger partial charge in [-0.15, -0.1) is 0 Å². The van der Waals surface area contributed by atoms with Crippen LogP contribution in [0.2, 0.25) is 0 Å². The molecule has 1 heteroatoms. The van der Waals surface area contributed by atoms with Crippen molar-refractivity contribution in [3.05, 3.63) is 0 Å². The molecule has 4 bridgehead atoms. The van der Waals surface area contributed by atoms with Crippen molar-refractivity contribution in [2.75, 3.05) is 0 Å².